The van der Waals surface area contributed by atoms with Gasteiger partial charge in [-0.1, -0.05) is 42.0 Å². The maximum atomic E-state index is 5.45. The van der Waals surface area contributed by atoms with Crippen LogP contribution >= 0.6 is 11.8 Å². The number of fused-ring (bicyclic) bond motifs is 1. The summed E-state index contributed by atoms with van der Waals surface area (Å²) in [6, 6.07) is 15.0. The van der Waals surface area contributed by atoms with Gasteiger partial charge in [0.05, 0.1) is 25.3 Å². The normalized spacial score (nSPS) is 15.3. The molecule has 1 saturated heterocycles. The third-order valence-electron chi connectivity index (χ3n) is 4.95. The molecule has 0 amide bonds. The minimum absolute atomic E-state index is 0.783. The number of hydrogen-bond acceptors (Lipinski definition) is 5. The molecule has 0 spiro atoms. The predicted molar refractivity (Wildman–Crippen MR) is 111 cm³/mol. The Balaban J connectivity index is 1.60. The number of aryl methyl sites for hydroxylation is 2. The molecule has 1 aliphatic heterocycles. The highest BCUT2D eigenvalue weighted by Gasteiger charge is 2.15. The average Bonchev–Trinajstić information content (AvgIpc) is 2.69. The van der Waals surface area contributed by atoms with Gasteiger partial charge in [0.2, 0.25) is 0 Å². The van der Waals surface area contributed by atoms with Crippen LogP contribution in [0.25, 0.3) is 10.9 Å². The van der Waals surface area contributed by atoms with Gasteiger partial charge in [-0.05, 0) is 31.0 Å². The van der Waals surface area contributed by atoms with Crippen LogP contribution in [-0.4, -0.2) is 41.2 Å². The van der Waals surface area contributed by atoms with Gasteiger partial charge in [-0.3, -0.25) is 4.90 Å². The van der Waals surface area contributed by atoms with Crippen molar-refractivity contribution in [1.29, 1.82) is 0 Å². The van der Waals surface area contributed by atoms with Crippen LogP contribution in [-0.2, 0) is 17.0 Å². The average molecular weight is 380 g/mol. The van der Waals surface area contributed by atoms with Gasteiger partial charge in [0.25, 0.3) is 0 Å². The van der Waals surface area contributed by atoms with Gasteiger partial charge in [0.15, 0.2) is 0 Å². The van der Waals surface area contributed by atoms with Crippen LogP contribution < -0.4 is 0 Å². The van der Waals surface area contributed by atoms with Gasteiger partial charge < -0.3 is 4.74 Å². The predicted octanol–water partition coefficient (Wildman–Crippen LogP) is 4.37. The van der Waals surface area contributed by atoms with Crippen molar-refractivity contribution in [2.24, 2.45) is 0 Å². The second kappa shape index (κ2) is 8.38. The number of nitrogens with zero attached hydrogens (tertiary/aromatic N) is 3. The molecule has 2 aromatic carbocycles. The molecule has 140 valence electrons. The quantitative estimate of drug-likeness (QED) is 0.486. The number of morpholine rings is 1. The molecular formula is C22H25N3OS. The molecule has 3 aromatic rings. The maximum Gasteiger partial charge on any atom is 0.144 e. The van der Waals surface area contributed by atoms with Gasteiger partial charge in [-0.2, -0.15) is 0 Å². The lowest BCUT2D eigenvalue weighted by molar-refractivity contribution is 0.0330. The summed E-state index contributed by atoms with van der Waals surface area (Å²) >= 11 is 1.81. The van der Waals surface area contributed by atoms with Crippen LogP contribution in [0.5, 0.6) is 0 Å². The minimum atomic E-state index is 0.783. The molecule has 0 atom stereocenters. The topological polar surface area (TPSA) is 38.2 Å². The van der Waals surface area contributed by atoms with E-state index in [4.69, 9.17) is 14.7 Å². The van der Waals surface area contributed by atoms with E-state index in [9.17, 15) is 0 Å². The van der Waals surface area contributed by atoms with Gasteiger partial charge in [0.1, 0.15) is 10.9 Å². The number of hydrogen-bond donors (Lipinski definition) is 0. The Morgan fingerprint density at radius 2 is 1.85 bits per heavy atom. The fourth-order valence-electron chi connectivity index (χ4n) is 3.34. The Hall–Kier alpha value is -1.95. The molecule has 4 rings (SSSR count). The highest BCUT2D eigenvalue weighted by atomic mass is 32.2. The minimum Gasteiger partial charge on any atom is -0.379 e. The Morgan fingerprint density at radius 1 is 1.04 bits per heavy atom. The van der Waals surface area contributed by atoms with Crippen molar-refractivity contribution in [2.45, 2.75) is 31.2 Å². The summed E-state index contributed by atoms with van der Waals surface area (Å²) in [5.41, 5.74) is 5.04. The van der Waals surface area contributed by atoms with Crippen LogP contribution in [0.2, 0.25) is 0 Å². The summed E-state index contributed by atoms with van der Waals surface area (Å²) in [7, 11) is 0. The van der Waals surface area contributed by atoms with E-state index < -0.39 is 0 Å². The molecule has 2 heterocycles. The Kier molecular flexibility index (Phi) is 5.72. The van der Waals surface area contributed by atoms with E-state index in [1.807, 2.05) is 17.8 Å². The van der Waals surface area contributed by atoms with Crippen molar-refractivity contribution in [3.05, 3.63) is 65.0 Å². The van der Waals surface area contributed by atoms with Crippen LogP contribution in [0, 0.1) is 13.8 Å². The molecule has 5 heteroatoms. The summed E-state index contributed by atoms with van der Waals surface area (Å²) in [6.07, 6.45) is 0. The summed E-state index contributed by atoms with van der Waals surface area (Å²) in [4.78, 5) is 12.1. The fourth-order valence-corrected chi connectivity index (χ4v) is 4.44. The van der Waals surface area contributed by atoms with Crippen LogP contribution in [0.4, 0.5) is 0 Å². The van der Waals surface area contributed by atoms with E-state index >= 15 is 0 Å². The van der Waals surface area contributed by atoms with Crippen LogP contribution in [0.15, 0.2) is 47.5 Å². The van der Waals surface area contributed by atoms with Crippen molar-refractivity contribution in [3.8, 4) is 0 Å². The number of thioether (sulfide) groups is 1. The summed E-state index contributed by atoms with van der Waals surface area (Å²) in [6.45, 7) is 8.59. The van der Waals surface area contributed by atoms with E-state index in [-0.39, 0.29) is 0 Å². The number of ether oxygens (including phenoxy) is 1. The molecule has 0 unspecified atom stereocenters. The van der Waals surface area contributed by atoms with Crippen LogP contribution in [0.3, 0.4) is 0 Å². The molecular weight excluding hydrogens is 354 g/mol. The molecule has 0 saturated carbocycles. The Labute approximate surface area is 165 Å². The third-order valence-corrected chi connectivity index (χ3v) is 5.99. The SMILES string of the molecule is Cc1ccc(C)c(CSc2nc(CN3CCOCC3)nc3ccccc23)c1. The number of para-hydroxylation sites is 1. The first-order valence-electron chi connectivity index (χ1n) is 9.44. The summed E-state index contributed by atoms with van der Waals surface area (Å²) < 4.78 is 5.45. The smallest absolute Gasteiger partial charge is 0.144 e. The first kappa shape index (κ1) is 18.4. The van der Waals surface area contributed by atoms with Crippen molar-refractivity contribution in [3.63, 3.8) is 0 Å². The largest absolute Gasteiger partial charge is 0.379 e. The lowest BCUT2D eigenvalue weighted by Crippen LogP contribution is -2.36. The molecule has 27 heavy (non-hydrogen) atoms. The lowest BCUT2D eigenvalue weighted by Gasteiger charge is -2.25. The molecule has 1 aliphatic rings. The van der Waals surface area contributed by atoms with E-state index in [1.165, 1.54) is 16.7 Å². The van der Waals surface area contributed by atoms with E-state index in [2.05, 4.69) is 55.1 Å². The molecule has 0 aliphatic carbocycles. The lowest BCUT2D eigenvalue weighted by atomic mass is 10.1. The zero-order chi connectivity index (χ0) is 18.6. The molecule has 0 radical (unpaired) electrons. The molecule has 1 fully saturated rings. The fraction of sp³-hybridized carbons (Fsp3) is 0.364. The van der Waals surface area contributed by atoms with Crippen LogP contribution in [0.1, 0.15) is 22.5 Å². The number of rotatable bonds is 5. The highest BCUT2D eigenvalue weighted by Crippen LogP contribution is 2.29. The standard InChI is InChI=1S/C22H25N3OS/c1-16-7-8-17(2)18(13-16)15-27-22-19-5-3-4-6-20(19)23-21(24-22)14-25-9-11-26-12-10-25/h3-8,13H,9-12,14-15H2,1-2H3. The highest BCUT2D eigenvalue weighted by molar-refractivity contribution is 7.98. The van der Waals surface area contributed by atoms with E-state index in [1.54, 1.807) is 0 Å². The first-order valence-corrected chi connectivity index (χ1v) is 10.4. The monoisotopic (exact) mass is 379 g/mol. The maximum absolute atomic E-state index is 5.45. The van der Waals surface area contributed by atoms with Gasteiger partial charge in [-0.25, -0.2) is 9.97 Å². The Bertz CT molecular complexity index is 938. The molecule has 0 N–H and O–H groups in total. The van der Waals surface area contributed by atoms with Crippen molar-refractivity contribution in [1.82, 2.24) is 14.9 Å². The second-order valence-electron chi connectivity index (χ2n) is 7.07. The molecule has 4 nitrogen and oxygen atoms in total. The first-order chi connectivity index (χ1) is 13.2. The van der Waals surface area contributed by atoms with Gasteiger partial charge in [-0.15, -0.1) is 11.8 Å². The summed E-state index contributed by atoms with van der Waals surface area (Å²) in [5.74, 6) is 1.82. The zero-order valence-corrected chi connectivity index (χ0v) is 16.8. The number of benzene rings is 2. The Morgan fingerprint density at radius 3 is 2.70 bits per heavy atom. The third kappa shape index (κ3) is 4.49. The zero-order valence-electron chi connectivity index (χ0n) is 15.9. The van der Waals surface area contributed by atoms with Gasteiger partial charge in [0, 0.05) is 24.2 Å². The van der Waals surface area contributed by atoms with Gasteiger partial charge >= 0.3 is 0 Å². The number of aromatic nitrogens is 2. The van der Waals surface area contributed by atoms with E-state index in [0.717, 1.165) is 60.4 Å². The van der Waals surface area contributed by atoms with Crippen molar-refractivity contribution in [2.75, 3.05) is 26.3 Å². The molecule has 0 bridgehead atoms. The van der Waals surface area contributed by atoms with Crippen molar-refractivity contribution >= 4 is 22.7 Å². The van der Waals surface area contributed by atoms with Crippen molar-refractivity contribution < 1.29 is 4.74 Å². The molecule has 1 aromatic heterocycles. The van der Waals surface area contributed by atoms with E-state index in [0.29, 0.717) is 0 Å². The second-order valence-corrected chi connectivity index (χ2v) is 8.03. The summed E-state index contributed by atoms with van der Waals surface area (Å²) in [5, 5.41) is 2.21.